The third-order valence-electron chi connectivity index (χ3n) is 4.15. The summed E-state index contributed by atoms with van der Waals surface area (Å²) in [5.41, 5.74) is 3.00. The van der Waals surface area contributed by atoms with Gasteiger partial charge in [0.15, 0.2) is 28.4 Å². The zero-order valence-corrected chi connectivity index (χ0v) is 19.3. The number of nitrogens with zero attached hydrogens (tertiary/aromatic N) is 1. The van der Waals surface area contributed by atoms with E-state index in [1.54, 1.807) is 17.5 Å². The third kappa shape index (κ3) is 5.90. The standard InChI is InChI=1S/C21H19ClFN3O3S2/c1-11-6-12(2)19(14(22)7-11)29-9-18(27)25-20(30)26-21-24-16(10-31-21)13-4-5-17(28-3)15(23)8-13/h4-8,10H,9H2,1-3H3,(H2,24,25,26,27,30). The van der Waals surface area contributed by atoms with E-state index in [9.17, 15) is 9.18 Å². The van der Waals surface area contributed by atoms with Crippen molar-refractivity contribution in [2.24, 2.45) is 0 Å². The fraction of sp³-hybridized carbons (Fsp3) is 0.190. The Kier molecular flexibility index (Phi) is 7.42. The van der Waals surface area contributed by atoms with E-state index in [1.165, 1.54) is 30.6 Å². The minimum atomic E-state index is -0.478. The number of carbonyl (C=O) groups excluding carboxylic acids is 1. The van der Waals surface area contributed by atoms with Gasteiger partial charge in [-0.15, -0.1) is 11.3 Å². The first-order valence-corrected chi connectivity index (χ1v) is 10.7. The molecule has 162 valence electrons. The molecule has 0 saturated heterocycles. The van der Waals surface area contributed by atoms with Crippen LogP contribution in [0.4, 0.5) is 9.52 Å². The van der Waals surface area contributed by atoms with Crippen molar-refractivity contribution in [1.29, 1.82) is 0 Å². The molecule has 1 aromatic heterocycles. The quantitative estimate of drug-likeness (QED) is 0.478. The second-order valence-corrected chi connectivity index (χ2v) is 8.24. The Morgan fingerprint density at radius 2 is 2.06 bits per heavy atom. The third-order valence-corrected chi connectivity index (χ3v) is 5.39. The second-order valence-electron chi connectivity index (χ2n) is 6.57. The Morgan fingerprint density at radius 1 is 1.29 bits per heavy atom. The summed E-state index contributed by atoms with van der Waals surface area (Å²) in [4.78, 5) is 16.5. The summed E-state index contributed by atoms with van der Waals surface area (Å²) < 4.78 is 24.4. The van der Waals surface area contributed by atoms with Crippen molar-refractivity contribution in [2.75, 3.05) is 19.0 Å². The number of rotatable bonds is 6. The van der Waals surface area contributed by atoms with E-state index in [1.807, 2.05) is 19.9 Å². The monoisotopic (exact) mass is 479 g/mol. The lowest BCUT2D eigenvalue weighted by atomic mass is 10.1. The normalized spacial score (nSPS) is 10.5. The van der Waals surface area contributed by atoms with Crippen molar-refractivity contribution in [2.45, 2.75) is 13.8 Å². The second kappa shape index (κ2) is 10.0. The summed E-state index contributed by atoms with van der Waals surface area (Å²) in [6, 6.07) is 8.26. The van der Waals surface area contributed by atoms with E-state index in [0.717, 1.165) is 11.1 Å². The fourth-order valence-electron chi connectivity index (χ4n) is 2.80. The summed E-state index contributed by atoms with van der Waals surface area (Å²) >= 11 is 12.6. The number of carbonyl (C=O) groups is 1. The van der Waals surface area contributed by atoms with Crippen molar-refractivity contribution >= 4 is 51.3 Å². The SMILES string of the molecule is COc1ccc(-c2csc(NC(=S)NC(=O)COc3c(C)cc(C)cc3Cl)n2)cc1F. The highest BCUT2D eigenvalue weighted by Gasteiger charge is 2.13. The molecular weight excluding hydrogens is 461 g/mol. The first-order chi connectivity index (χ1) is 14.8. The maximum Gasteiger partial charge on any atom is 0.264 e. The molecule has 3 rings (SSSR count). The van der Waals surface area contributed by atoms with E-state index in [2.05, 4.69) is 15.6 Å². The van der Waals surface area contributed by atoms with Crippen LogP contribution in [0.2, 0.25) is 5.02 Å². The van der Waals surface area contributed by atoms with Gasteiger partial charge in [0, 0.05) is 10.9 Å². The Morgan fingerprint density at radius 3 is 2.74 bits per heavy atom. The number of amides is 1. The number of benzene rings is 2. The van der Waals surface area contributed by atoms with Crippen LogP contribution in [0.25, 0.3) is 11.3 Å². The molecular formula is C21H19ClFN3O3S2. The number of aryl methyl sites for hydroxylation is 2. The minimum absolute atomic E-state index is 0.0714. The van der Waals surface area contributed by atoms with Gasteiger partial charge in [0.25, 0.3) is 5.91 Å². The molecule has 10 heteroatoms. The Hall–Kier alpha value is -2.75. The molecule has 0 saturated carbocycles. The van der Waals surface area contributed by atoms with Crippen LogP contribution >= 0.6 is 35.2 Å². The van der Waals surface area contributed by atoms with Gasteiger partial charge >= 0.3 is 0 Å². The largest absolute Gasteiger partial charge is 0.494 e. The Bertz CT molecular complexity index is 1110. The number of ether oxygens (including phenoxy) is 2. The van der Waals surface area contributed by atoms with Crippen LogP contribution < -0.4 is 20.1 Å². The van der Waals surface area contributed by atoms with Gasteiger partial charge in [0.05, 0.1) is 17.8 Å². The molecule has 0 atom stereocenters. The molecule has 31 heavy (non-hydrogen) atoms. The predicted molar refractivity (Wildman–Crippen MR) is 125 cm³/mol. The van der Waals surface area contributed by atoms with E-state index < -0.39 is 11.7 Å². The number of aromatic nitrogens is 1. The molecule has 0 fully saturated rings. The van der Waals surface area contributed by atoms with Crippen LogP contribution in [-0.4, -0.2) is 29.7 Å². The smallest absolute Gasteiger partial charge is 0.264 e. The van der Waals surface area contributed by atoms with Crippen LogP contribution in [-0.2, 0) is 4.79 Å². The molecule has 2 aromatic carbocycles. The molecule has 3 aromatic rings. The van der Waals surface area contributed by atoms with Gasteiger partial charge in [-0.05, 0) is 61.5 Å². The van der Waals surface area contributed by atoms with Gasteiger partial charge in [0.1, 0.15) is 5.75 Å². The molecule has 1 heterocycles. The number of hydrogen-bond donors (Lipinski definition) is 2. The van der Waals surface area contributed by atoms with E-state index >= 15 is 0 Å². The van der Waals surface area contributed by atoms with Crippen LogP contribution in [0.15, 0.2) is 35.7 Å². The lowest BCUT2D eigenvalue weighted by Crippen LogP contribution is -2.37. The first-order valence-electron chi connectivity index (χ1n) is 9.06. The summed E-state index contributed by atoms with van der Waals surface area (Å²) in [5, 5.41) is 8.08. The topological polar surface area (TPSA) is 72.5 Å². The number of thiazole rings is 1. The predicted octanol–water partition coefficient (Wildman–Crippen LogP) is 5.12. The maximum atomic E-state index is 13.9. The van der Waals surface area contributed by atoms with Gasteiger partial charge in [-0.2, -0.15) is 0 Å². The zero-order valence-electron chi connectivity index (χ0n) is 16.9. The molecule has 0 aliphatic rings. The van der Waals surface area contributed by atoms with Gasteiger partial charge in [-0.1, -0.05) is 17.7 Å². The lowest BCUT2D eigenvalue weighted by Gasteiger charge is -2.12. The number of nitrogens with one attached hydrogen (secondary N) is 2. The molecule has 1 amide bonds. The van der Waals surface area contributed by atoms with Crippen molar-refractivity contribution < 1.29 is 18.7 Å². The molecule has 6 nitrogen and oxygen atoms in total. The maximum absolute atomic E-state index is 13.9. The molecule has 0 aliphatic heterocycles. The van der Waals surface area contributed by atoms with Gasteiger partial charge in [-0.3, -0.25) is 10.1 Å². The highest BCUT2D eigenvalue weighted by molar-refractivity contribution is 7.80. The average Bonchev–Trinajstić information content (AvgIpc) is 3.15. The number of hydrogen-bond acceptors (Lipinski definition) is 6. The lowest BCUT2D eigenvalue weighted by molar-refractivity contribution is -0.121. The van der Waals surface area contributed by atoms with E-state index in [0.29, 0.717) is 27.2 Å². The van der Waals surface area contributed by atoms with Gasteiger partial charge in [-0.25, -0.2) is 9.37 Å². The number of thiocarbonyl (C=S) groups is 1. The summed E-state index contributed by atoms with van der Waals surface area (Å²) in [6.07, 6.45) is 0. The first kappa shape index (κ1) is 22.9. The number of methoxy groups -OCH3 is 1. The molecule has 0 bridgehead atoms. The summed E-state index contributed by atoms with van der Waals surface area (Å²) in [7, 11) is 1.40. The van der Waals surface area contributed by atoms with Crippen LogP contribution in [0, 0.1) is 19.7 Å². The van der Waals surface area contributed by atoms with Crippen molar-refractivity contribution in [1.82, 2.24) is 10.3 Å². The highest BCUT2D eigenvalue weighted by atomic mass is 35.5. The van der Waals surface area contributed by atoms with Crippen molar-refractivity contribution in [3.05, 3.63) is 57.7 Å². The van der Waals surface area contributed by atoms with Gasteiger partial charge in [0.2, 0.25) is 0 Å². The number of halogens is 2. The van der Waals surface area contributed by atoms with Crippen molar-refractivity contribution in [3.63, 3.8) is 0 Å². The molecule has 0 radical (unpaired) electrons. The minimum Gasteiger partial charge on any atom is -0.494 e. The summed E-state index contributed by atoms with van der Waals surface area (Å²) in [5.74, 6) is -0.306. The van der Waals surface area contributed by atoms with E-state index in [4.69, 9.17) is 33.3 Å². The molecule has 0 aliphatic carbocycles. The fourth-order valence-corrected chi connectivity index (χ4v) is 4.18. The average molecular weight is 480 g/mol. The molecule has 0 spiro atoms. The number of anilines is 1. The Balaban J connectivity index is 1.55. The van der Waals surface area contributed by atoms with Gasteiger partial charge < -0.3 is 14.8 Å². The van der Waals surface area contributed by atoms with Crippen molar-refractivity contribution in [3.8, 4) is 22.8 Å². The highest BCUT2D eigenvalue weighted by Crippen LogP contribution is 2.30. The summed E-state index contributed by atoms with van der Waals surface area (Å²) in [6.45, 7) is 3.53. The van der Waals surface area contributed by atoms with Crippen LogP contribution in [0.3, 0.4) is 0 Å². The van der Waals surface area contributed by atoms with E-state index in [-0.39, 0.29) is 17.5 Å². The Labute approximate surface area is 193 Å². The zero-order chi connectivity index (χ0) is 22.5. The van der Waals surface area contributed by atoms with Crippen LogP contribution in [0.5, 0.6) is 11.5 Å². The molecule has 0 unspecified atom stereocenters. The van der Waals surface area contributed by atoms with Crippen LogP contribution in [0.1, 0.15) is 11.1 Å². The molecule has 2 N–H and O–H groups in total.